The lowest BCUT2D eigenvalue weighted by Gasteiger charge is -2.05. The largest absolute Gasteiger partial charge is 0.345 e. The number of amides is 1. The Morgan fingerprint density at radius 2 is 1.61 bits per heavy atom. The van der Waals surface area contributed by atoms with E-state index in [-0.39, 0.29) is 11.7 Å². The monoisotopic (exact) mass is 327 g/mol. The first-order valence-electron chi connectivity index (χ1n) is 7.23. The summed E-state index contributed by atoms with van der Waals surface area (Å²) in [5, 5.41) is 0.657. The summed E-state index contributed by atoms with van der Waals surface area (Å²) in [5.74, 6) is -0.0277. The van der Waals surface area contributed by atoms with Gasteiger partial charge in [-0.2, -0.15) is 0 Å². The lowest BCUT2D eigenvalue weighted by molar-refractivity contribution is -0.123. The third kappa shape index (κ3) is 5.08. The molecule has 1 amide bonds. The molecule has 0 unspecified atom stereocenters. The molecule has 23 heavy (non-hydrogen) atoms. The van der Waals surface area contributed by atoms with E-state index < -0.39 is 0 Å². The molecule has 0 aliphatic rings. The summed E-state index contributed by atoms with van der Waals surface area (Å²) in [6.07, 6.45) is 3.58. The SMILES string of the molecule is CN(C)C(=O)/C=C/c1ccc(C(=O)Cc2ccc(Cl)cc2)cc1. The van der Waals surface area contributed by atoms with Gasteiger partial charge in [-0.05, 0) is 29.3 Å². The maximum atomic E-state index is 12.3. The van der Waals surface area contributed by atoms with Crippen molar-refractivity contribution in [3.8, 4) is 0 Å². The van der Waals surface area contributed by atoms with Crippen LogP contribution in [0.15, 0.2) is 54.6 Å². The van der Waals surface area contributed by atoms with Gasteiger partial charge in [-0.25, -0.2) is 0 Å². The summed E-state index contributed by atoms with van der Waals surface area (Å²) in [4.78, 5) is 25.2. The fourth-order valence-corrected chi connectivity index (χ4v) is 2.11. The molecule has 2 aromatic carbocycles. The van der Waals surface area contributed by atoms with E-state index >= 15 is 0 Å². The molecule has 0 atom stereocenters. The number of rotatable bonds is 5. The minimum absolute atomic E-state index is 0.0484. The molecule has 0 aliphatic carbocycles. The highest BCUT2D eigenvalue weighted by molar-refractivity contribution is 6.30. The number of halogens is 1. The predicted octanol–water partition coefficient (Wildman–Crippen LogP) is 3.87. The number of hydrogen-bond acceptors (Lipinski definition) is 2. The molecule has 0 radical (unpaired) electrons. The molecule has 0 aromatic heterocycles. The Hall–Kier alpha value is -2.39. The summed E-state index contributed by atoms with van der Waals surface area (Å²) in [7, 11) is 3.40. The summed E-state index contributed by atoms with van der Waals surface area (Å²) in [5.41, 5.74) is 2.46. The molecule has 0 saturated heterocycles. The Labute approximate surface area is 141 Å². The van der Waals surface area contributed by atoms with Crippen molar-refractivity contribution in [1.82, 2.24) is 4.90 Å². The minimum Gasteiger partial charge on any atom is -0.345 e. The molecule has 0 spiro atoms. The molecule has 118 valence electrons. The average molecular weight is 328 g/mol. The number of likely N-dealkylation sites (N-methyl/N-ethyl adjacent to an activating group) is 1. The molecule has 0 saturated carbocycles. The maximum absolute atomic E-state index is 12.3. The highest BCUT2D eigenvalue weighted by Gasteiger charge is 2.07. The van der Waals surface area contributed by atoms with Gasteiger partial charge < -0.3 is 4.90 Å². The van der Waals surface area contributed by atoms with Crippen LogP contribution in [0.4, 0.5) is 0 Å². The topological polar surface area (TPSA) is 37.4 Å². The van der Waals surface area contributed by atoms with Crippen LogP contribution >= 0.6 is 11.6 Å². The van der Waals surface area contributed by atoms with E-state index in [1.54, 1.807) is 44.4 Å². The van der Waals surface area contributed by atoms with Gasteiger partial charge in [-0.15, -0.1) is 0 Å². The van der Waals surface area contributed by atoms with E-state index in [0.29, 0.717) is 17.0 Å². The van der Waals surface area contributed by atoms with Crippen molar-refractivity contribution in [1.29, 1.82) is 0 Å². The van der Waals surface area contributed by atoms with Gasteiger partial charge in [-0.3, -0.25) is 9.59 Å². The zero-order valence-electron chi connectivity index (χ0n) is 13.1. The third-order valence-corrected chi connectivity index (χ3v) is 3.62. The van der Waals surface area contributed by atoms with Crippen LogP contribution in [-0.2, 0) is 11.2 Å². The van der Waals surface area contributed by atoms with Crippen molar-refractivity contribution in [2.75, 3.05) is 14.1 Å². The van der Waals surface area contributed by atoms with Gasteiger partial charge in [-0.1, -0.05) is 48.0 Å². The first-order valence-corrected chi connectivity index (χ1v) is 7.60. The molecule has 4 heteroatoms. The van der Waals surface area contributed by atoms with Gasteiger partial charge in [0.15, 0.2) is 5.78 Å². The normalized spacial score (nSPS) is 10.7. The number of carbonyl (C=O) groups excluding carboxylic acids is 2. The molecule has 2 aromatic rings. The van der Waals surface area contributed by atoms with Crippen LogP contribution in [0.25, 0.3) is 6.08 Å². The summed E-state index contributed by atoms with van der Waals surface area (Å²) in [6, 6.07) is 14.5. The number of nitrogens with zero attached hydrogens (tertiary/aromatic N) is 1. The summed E-state index contributed by atoms with van der Waals surface area (Å²) in [6.45, 7) is 0. The molecular formula is C19H18ClNO2. The Bertz CT molecular complexity index is 716. The molecule has 3 nitrogen and oxygen atoms in total. The van der Waals surface area contributed by atoms with Crippen LogP contribution in [0, 0.1) is 0 Å². The Morgan fingerprint density at radius 1 is 1.00 bits per heavy atom. The highest BCUT2D eigenvalue weighted by atomic mass is 35.5. The van der Waals surface area contributed by atoms with Gasteiger partial charge in [0.1, 0.15) is 0 Å². The van der Waals surface area contributed by atoms with Crippen LogP contribution in [0.3, 0.4) is 0 Å². The molecule has 0 aliphatic heterocycles. The van der Waals surface area contributed by atoms with Crippen LogP contribution in [0.1, 0.15) is 21.5 Å². The predicted molar refractivity (Wildman–Crippen MR) is 93.7 cm³/mol. The zero-order valence-corrected chi connectivity index (χ0v) is 13.9. The quantitative estimate of drug-likeness (QED) is 0.617. The molecule has 2 rings (SSSR count). The molecule has 0 fully saturated rings. The van der Waals surface area contributed by atoms with Crippen LogP contribution in [-0.4, -0.2) is 30.7 Å². The van der Waals surface area contributed by atoms with E-state index in [0.717, 1.165) is 11.1 Å². The number of benzene rings is 2. The second kappa shape index (κ2) is 7.75. The number of ketones is 1. The summed E-state index contributed by atoms with van der Waals surface area (Å²) < 4.78 is 0. The molecular weight excluding hydrogens is 310 g/mol. The number of Topliss-reactive ketones (excluding diaryl/α,β-unsaturated/α-hetero) is 1. The van der Waals surface area contributed by atoms with Gasteiger partial charge >= 0.3 is 0 Å². The van der Waals surface area contributed by atoms with Gasteiger partial charge in [0.2, 0.25) is 5.91 Å². The second-order valence-electron chi connectivity index (χ2n) is 5.41. The van der Waals surface area contributed by atoms with E-state index in [1.165, 1.54) is 11.0 Å². The molecule has 0 N–H and O–H groups in total. The minimum atomic E-state index is -0.0760. The van der Waals surface area contributed by atoms with E-state index in [2.05, 4.69) is 0 Å². The van der Waals surface area contributed by atoms with Gasteiger partial charge in [0.25, 0.3) is 0 Å². The first kappa shape index (κ1) is 17.0. The molecule has 0 bridgehead atoms. The zero-order chi connectivity index (χ0) is 16.8. The Morgan fingerprint density at radius 3 is 2.17 bits per heavy atom. The number of carbonyl (C=O) groups is 2. The van der Waals surface area contributed by atoms with Crippen LogP contribution in [0.2, 0.25) is 5.02 Å². The van der Waals surface area contributed by atoms with E-state index in [1.807, 2.05) is 24.3 Å². The van der Waals surface area contributed by atoms with Crippen LogP contribution in [0.5, 0.6) is 0 Å². The lowest BCUT2D eigenvalue weighted by Crippen LogP contribution is -2.18. The standard InChI is InChI=1S/C19H18ClNO2/c1-21(2)19(23)12-7-14-3-8-16(9-4-14)18(22)13-15-5-10-17(20)11-6-15/h3-12H,13H2,1-2H3/b12-7+. The van der Waals surface area contributed by atoms with Crippen molar-refractivity contribution >= 4 is 29.4 Å². The van der Waals surface area contributed by atoms with E-state index in [4.69, 9.17) is 11.6 Å². The Kier molecular flexibility index (Phi) is 5.72. The van der Waals surface area contributed by atoms with Gasteiger partial charge in [0.05, 0.1) is 0 Å². The second-order valence-corrected chi connectivity index (χ2v) is 5.85. The smallest absolute Gasteiger partial charge is 0.246 e. The van der Waals surface area contributed by atoms with Crippen molar-refractivity contribution in [3.63, 3.8) is 0 Å². The van der Waals surface area contributed by atoms with Crippen molar-refractivity contribution < 1.29 is 9.59 Å². The lowest BCUT2D eigenvalue weighted by atomic mass is 10.0. The average Bonchev–Trinajstić information content (AvgIpc) is 2.55. The van der Waals surface area contributed by atoms with E-state index in [9.17, 15) is 9.59 Å². The van der Waals surface area contributed by atoms with Crippen molar-refractivity contribution in [2.45, 2.75) is 6.42 Å². The molecule has 0 heterocycles. The summed E-state index contributed by atoms with van der Waals surface area (Å²) >= 11 is 5.84. The third-order valence-electron chi connectivity index (χ3n) is 3.37. The van der Waals surface area contributed by atoms with Crippen molar-refractivity contribution in [3.05, 3.63) is 76.3 Å². The first-order chi connectivity index (χ1) is 11.0. The number of hydrogen-bond donors (Lipinski definition) is 0. The van der Waals surface area contributed by atoms with Gasteiger partial charge in [0, 0.05) is 37.2 Å². The fourth-order valence-electron chi connectivity index (χ4n) is 1.99. The fraction of sp³-hybridized carbons (Fsp3) is 0.158. The van der Waals surface area contributed by atoms with Crippen LogP contribution < -0.4 is 0 Å². The highest BCUT2D eigenvalue weighted by Crippen LogP contribution is 2.13. The van der Waals surface area contributed by atoms with Crippen molar-refractivity contribution in [2.24, 2.45) is 0 Å². The maximum Gasteiger partial charge on any atom is 0.246 e. The Balaban J connectivity index is 2.02.